The Morgan fingerprint density at radius 2 is 1.62 bits per heavy atom. The smallest absolute Gasteiger partial charge is 0.321 e. The minimum atomic E-state index is -0.897. The summed E-state index contributed by atoms with van der Waals surface area (Å²) in [6, 6.07) is 15.8. The van der Waals surface area contributed by atoms with Gasteiger partial charge in [0.05, 0.1) is 0 Å². The maximum atomic E-state index is 13.8. The molecule has 4 nitrogen and oxygen atoms in total. The van der Waals surface area contributed by atoms with Crippen LogP contribution in [0.1, 0.15) is 5.56 Å². The fourth-order valence-corrected chi connectivity index (χ4v) is 3.18. The molecule has 2 aromatic rings. The Bertz CT molecular complexity index is 685. The van der Waals surface area contributed by atoms with E-state index in [4.69, 9.17) is 0 Å². The number of anilines is 1. The first-order chi connectivity index (χ1) is 11.6. The van der Waals surface area contributed by atoms with Crippen molar-refractivity contribution in [2.75, 3.05) is 31.1 Å². The van der Waals surface area contributed by atoms with E-state index in [0.29, 0.717) is 18.7 Å². The van der Waals surface area contributed by atoms with Crippen LogP contribution in [0.2, 0.25) is 0 Å². The van der Waals surface area contributed by atoms with Gasteiger partial charge >= 0.3 is 5.97 Å². The van der Waals surface area contributed by atoms with Gasteiger partial charge in [-0.15, -0.1) is 0 Å². The quantitative estimate of drug-likeness (QED) is 0.916. The largest absolute Gasteiger partial charge is 0.480 e. The molecule has 0 bridgehead atoms. The first kappa shape index (κ1) is 16.5. The number of rotatable bonds is 5. The van der Waals surface area contributed by atoms with Gasteiger partial charge in [0.2, 0.25) is 0 Å². The first-order valence-electron chi connectivity index (χ1n) is 8.15. The molecule has 0 aliphatic carbocycles. The molecule has 5 heteroatoms. The van der Waals surface area contributed by atoms with Gasteiger partial charge in [0, 0.05) is 38.3 Å². The zero-order valence-electron chi connectivity index (χ0n) is 13.4. The predicted molar refractivity (Wildman–Crippen MR) is 91.8 cm³/mol. The van der Waals surface area contributed by atoms with E-state index in [1.807, 2.05) is 23.1 Å². The molecule has 0 aromatic heterocycles. The van der Waals surface area contributed by atoms with Crippen molar-refractivity contribution in [3.05, 3.63) is 66.0 Å². The third-order valence-corrected chi connectivity index (χ3v) is 4.53. The van der Waals surface area contributed by atoms with Crippen molar-refractivity contribution < 1.29 is 14.3 Å². The fraction of sp³-hybridized carbons (Fsp3) is 0.316. The van der Waals surface area contributed by atoms with Crippen LogP contribution in [-0.4, -0.2) is 48.2 Å². The summed E-state index contributed by atoms with van der Waals surface area (Å²) in [4.78, 5) is 15.9. The van der Waals surface area contributed by atoms with E-state index in [9.17, 15) is 14.3 Å². The molecule has 1 saturated heterocycles. The van der Waals surface area contributed by atoms with E-state index in [1.165, 1.54) is 6.07 Å². The van der Waals surface area contributed by atoms with Crippen molar-refractivity contribution in [3.8, 4) is 0 Å². The number of aliphatic carboxylic acids is 1. The standard InChI is InChI=1S/C19H21FN2O2/c20-17-9-5-4-6-15(17)14-18(19(23)24)22-12-10-21(11-13-22)16-7-2-1-3-8-16/h1-9,18H,10-14H2,(H,23,24)/t18-/m0/s1. The molecule has 1 heterocycles. The van der Waals surface area contributed by atoms with Crippen LogP contribution in [-0.2, 0) is 11.2 Å². The van der Waals surface area contributed by atoms with Crippen molar-refractivity contribution in [3.63, 3.8) is 0 Å². The van der Waals surface area contributed by atoms with Crippen molar-refractivity contribution in [1.82, 2.24) is 4.90 Å². The van der Waals surface area contributed by atoms with Gasteiger partial charge in [-0.25, -0.2) is 4.39 Å². The number of nitrogens with zero attached hydrogens (tertiary/aromatic N) is 2. The third kappa shape index (κ3) is 3.74. The van der Waals surface area contributed by atoms with E-state index >= 15 is 0 Å². The summed E-state index contributed by atoms with van der Waals surface area (Å²) in [5, 5.41) is 9.58. The van der Waals surface area contributed by atoms with E-state index < -0.39 is 12.0 Å². The highest BCUT2D eigenvalue weighted by Gasteiger charge is 2.29. The Hall–Kier alpha value is -2.40. The molecular formula is C19H21FN2O2. The Morgan fingerprint density at radius 1 is 1.00 bits per heavy atom. The monoisotopic (exact) mass is 328 g/mol. The number of halogens is 1. The van der Waals surface area contributed by atoms with Crippen molar-refractivity contribution >= 4 is 11.7 Å². The van der Waals surface area contributed by atoms with Crippen LogP contribution >= 0.6 is 0 Å². The third-order valence-electron chi connectivity index (χ3n) is 4.53. The van der Waals surface area contributed by atoms with Crippen molar-refractivity contribution in [1.29, 1.82) is 0 Å². The lowest BCUT2D eigenvalue weighted by molar-refractivity contribution is -0.143. The van der Waals surface area contributed by atoms with E-state index in [0.717, 1.165) is 18.8 Å². The van der Waals surface area contributed by atoms with Gasteiger partial charge in [-0.05, 0) is 23.8 Å². The van der Waals surface area contributed by atoms with Crippen LogP contribution in [0, 0.1) is 5.82 Å². The Morgan fingerprint density at radius 3 is 2.25 bits per heavy atom. The molecule has 1 aliphatic rings. The van der Waals surface area contributed by atoms with Gasteiger partial charge in [-0.2, -0.15) is 0 Å². The molecule has 2 aromatic carbocycles. The molecule has 1 N–H and O–H groups in total. The zero-order valence-corrected chi connectivity index (χ0v) is 13.4. The molecule has 0 unspecified atom stereocenters. The molecule has 24 heavy (non-hydrogen) atoms. The minimum absolute atomic E-state index is 0.188. The van der Waals surface area contributed by atoms with E-state index in [-0.39, 0.29) is 12.2 Å². The summed E-state index contributed by atoms with van der Waals surface area (Å²) < 4.78 is 13.8. The predicted octanol–water partition coefficient (Wildman–Crippen LogP) is 2.64. The topological polar surface area (TPSA) is 43.8 Å². The lowest BCUT2D eigenvalue weighted by Gasteiger charge is -2.38. The van der Waals surface area contributed by atoms with Crippen LogP contribution in [0.25, 0.3) is 0 Å². The number of benzene rings is 2. The molecule has 126 valence electrons. The Labute approximate surface area is 141 Å². The summed E-state index contributed by atoms with van der Waals surface area (Å²) in [5.41, 5.74) is 1.61. The van der Waals surface area contributed by atoms with Gasteiger partial charge in [-0.1, -0.05) is 36.4 Å². The minimum Gasteiger partial charge on any atom is -0.480 e. The Kier molecular flexibility index (Phi) is 5.11. The average molecular weight is 328 g/mol. The highest BCUT2D eigenvalue weighted by molar-refractivity contribution is 5.74. The molecule has 0 amide bonds. The van der Waals surface area contributed by atoms with Crippen LogP contribution < -0.4 is 4.90 Å². The number of hydrogen-bond donors (Lipinski definition) is 1. The number of para-hydroxylation sites is 1. The van der Waals surface area contributed by atoms with E-state index in [2.05, 4.69) is 17.0 Å². The summed E-state index contributed by atoms with van der Waals surface area (Å²) in [6.45, 7) is 2.84. The van der Waals surface area contributed by atoms with Crippen LogP contribution in [0.15, 0.2) is 54.6 Å². The maximum absolute atomic E-state index is 13.8. The zero-order chi connectivity index (χ0) is 16.9. The SMILES string of the molecule is O=C(O)[C@H](Cc1ccccc1F)N1CCN(c2ccccc2)CC1. The number of carbonyl (C=O) groups is 1. The molecule has 0 radical (unpaired) electrons. The average Bonchev–Trinajstić information content (AvgIpc) is 2.62. The second-order valence-electron chi connectivity index (χ2n) is 6.01. The van der Waals surface area contributed by atoms with Crippen LogP contribution in [0.5, 0.6) is 0 Å². The normalized spacial score (nSPS) is 16.8. The summed E-state index contributed by atoms with van der Waals surface area (Å²) >= 11 is 0. The molecule has 3 rings (SSSR count). The maximum Gasteiger partial charge on any atom is 0.321 e. The van der Waals surface area contributed by atoms with Crippen molar-refractivity contribution in [2.24, 2.45) is 0 Å². The fourth-order valence-electron chi connectivity index (χ4n) is 3.18. The number of piperazine rings is 1. The molecule has 0 saturated carbocycles. The lowest BCUT2D eigenvalue weighted by Crippen LogP contribution is -2.53. The molecule has 0 spiro atoms. The van der Waals surface area contributed by atoms with Gasteiger partial charge in [0.25, 0.3) is 0 Å². The summed E-state index contributed by atoms with van der Waals surface area (Å²) in [7, 11) is 0. The number of carboxylic acids is 1. The second-order valence-corrected chi connectivity index (χ2v) is 6.01. The lowest BCUT2D eigenvalue weighted by atomic mass is 10.0. The highest BCUT2D eigenvalue weighted by Crippen LogP contribution is 2.19. The molecular weight excluding hydrogens is 307 g/mol. The Balaban J connectivity index is 1.66. The van der Waals surface area contributed by atoms with Crippen molar-refractivity contribution in [2.45, 2.75) is 12.5 Å². The van der Waals surface area contributed by atoms with Gasteiger partial charge in [0.15, 0.2) is 0 Å². The molecule has 1 aliphatic heterocycles. The highest BCUT2D eigenvalue weighted by atomic mass is 19.1. The second kappa shape index (κ2) is 7.45. The van der Waals surface area contributed by atoms with Crippen LogP contribution in [0.3, 0.4) is 0 Å². The van der Waals surface area contributed by atoms with Gasteiger partial charge < -0.3 is 10.0 Å². The number of carboxylic acid groups (broad SMARTS) is 1. The van der Waals surface area contributed by atoms with Gasteiger partial charge in [0.1, 0.15) is 11.9 Å². The molecule has 1 fully saturated rings. The van der Waals surface area contributed by atoms with Crippen LogP contribution in [0.4, 0.5) is 10.1 Å². The summed E-state index contributed by atoms with van der Waals surface area (Å²) in [6.07, 6.45) is 0.188. The first-order valence-corrected chi connectivity index (χ1v) is 8.15. The van der Waals surface area contributed by atoms with E-state index in [1.54, 1.807) is 18.2 Å². The molecule has 1 atom stereocenters. The number of hydrogen-bond acceptors (Lipinski definition) is 3. The van der Waals surface area contributed by atoms with Gasteiger partial charge in [-0.3, -0.25) is 9.69 Å². The summed E-state index contributed by atoms with van der Waals surface area (Å²) in [5.74, 6) is -1.24.